The van der Waals surface area contributed by atoms with E-state index in [-0.39, 0.29) is 16.2 Å². The normalized spacial score (nSPS) is 27.5. The van der Waals surface area contributed by atoms with Gasteiger partial charge in [0.15, 0.2) is 0 Å². The molecular formula is C16H20N4O3S. The molecule has 0 unspecified atom stereocenters. The van der Waals surface area contributed by atoms with E-state index in [4.69, 9.17) is 4.42 Å². The molecule has 24 heavy (non-hydrogen) atoms. The zero-order valence-electron chi connectivity index (χ0n) is 13.8. The lowest BCUT2D eigenvalue weighted by Crippen LogP contribution is -2.35. The van der Waals surface area contributed by atoms with Crippen LogP contribution >= 0.6 is 0 Å². The molecule has 0 aromatic carbocycles. The molecule has 2 fully saturated rings. The van der Waals surface area contributed by atoms with Gasteiger partial charge in [-0.25, -0.2) is 8.42 Å². The highest BCUT2D eigenvalue weighted by Gasteiger charge is 2.56. The van der Waals surface area contributed by atoms with E-state index >= 15 is 0 Å². The Morgan fingerprint density at radius 3 is 2.88 bits per heavy atom. The Hall–Kier alpha value is -1.80. The summed E-state index contributed by atoms with van der Waals surface area (Å²) in [5, 5.41) is 8.17. The van der Waals surface area contributed by atoms with Crippen LogP contribution in [0.3, 0.4) is 0 Å². The van der Waals surface area contributed by atoms with Gasteiger partial charge < -0.3 is 4.42 Å². The van der Waals surface area contributed by atoms with Gasteiger partial charge >= 0.3 is 0 Å². The number of hydrogen-bond donors (Lipinski definition) is 0. The number of aromatic nitrogens is 3. The largest absolute Gasteiger partial charge is 0.425 e. The van der Waals surface area contributed by atoms with Crippen molar-refractivity contribution in [1.82, 2.24) is 19.5 Å². The van der Waals surface area contributed by atoms with E-state index in [1.54, 1.807) is 30.4 Å². The summed E-state index contributed by atoms with van der Waals surface area (Å²) in [6, 6.07) is 1.72. The Morgan fingerprint density at radius 2 is 2.17 bits per heavy atom. The summed E-state index contributed by atoms with van der Waals surface area (Å²) in [4.78, 5) is 4.27. The van der Waals surface area contributed by atoms with Gasteiger partial charge in [-0.3, -0.25) is 4.98 Å². The van der Waals surface area contributed by atoms with Crippen molar-refractivity contribution in [3.8, 4) is 0 Å². The quantitative estimate of drug-likeness (QED) is 0.840. The van der Waals surface area contributed by atoms with E-state index in [1.165, 1.54) is 6.20 Å². The molecule has 7 nitrogen and oxygen atoms in total. The summed E-state index contributed by atoms with van der Waals surface area (Å²) in [5.41, 5.74) is 0.370. The molecule has 3 heterocycles. The SMILES string of the molecule is Cc1nnc([C@]23CCC[C@H]2CN(S(=O)(=O)c2cnccc2C)C3)o1. The molecule has 1 aliphatic heterocycles. The van der Waals surface area contributed by atoms with Gasteiger partial charge in [-0.2, -0.15) is 4.31 Å². The lowest BCUT2D eigenvalue weighted by Gasteiger charge is -2.24. The van der Waals surface area contributed by atoms with Crippen molar-refractivity contribution in [2.75, 3.05) is 13.1 Å². The average molecular weight is 348 g/mol. The first-order valence-electron chi connectivity index (χ1n) is 8.15. The molecule has 1 saturated heterocycles. The van der Waals surface area contributed by atoms with Gasteiger partial charge in [0, 0.05) is 32.4 Å². The minimum absolute atomic E-state index is 0.226. The van der Waals surface area contributed by atoms with E-state index in [0.717, 1.165) is 19.3 Å². The molecule has 0 amide bonds. The topological polar surface area (TPSA) is 89.2 Å². The number of nitrogens with zero attached hydrogens (tertiary/aromatic N) is 4. The summed E-state index contributed by atoms with van der Waals surface area (Å²) in [7, 11) is -3.57. The van der Waals surface area contributed by atoms with Crippen molar-refractivity contribution in [3.63, 3.8) is 0 Å². The molecule has 0 bridgehead atoms. The second-order valence-corrected chi connectivity index (χ2v) is 8.72. The molecule has 2 aromatic heterocycles. The van der Waals surface area contributed by atoms with Crippen LogP contribution in [0, 0.1) is 19.8 Å². The van der Waals surface area contributed by atoms with Gasteiger partial charge in [-0.1, -0.05) is 6.42 Å². The predicted molar refractivity (Wildman–Crippen MR) is 85.8 cm³/mol. The maximum absolute atomic E-state index is 13.1. The monoisotopic (exact) mass is 348 g/mol. The third-order valence-electron chi connectivity index (χ3n) is 5.40. The molecule has 4 rings (SSSR count). The second kappa shape index (κ2) is 5.35. The van der Waals surface area contributed by atoms with Crippen molar-refractivity contribution in [3.05, 3.63) is 35.8 Å². The summed E-state index contributed by atoms with van der Waals surface area (Å²) in [6.07, 6.45) is 5.97. The number of aryl methyl sites for hydroxylation is 2. The van der Waals surface area contributed by atoms with Gasteiger partial charge in [0.05, 0.1) is 5.41 Å². The Kier molecular flexibility index (Phi) is 3.50. The Bertz CT molecular complexity index is 879. The third-order valence-corrected chi connectivity index (χ3v) is 7.34. The van der Waals surface area contributed by atoms with Crippen molar-refractivity contribution in [2.45, 2.75) is 43.4 Å². The number of rotatable bonds is 3. The van der Waals surface area contributed by atoms with E-state index in [0.29, 0.717) is 30.4 Å². The zero-order chi connectivity index (χ0) is 16.9. The lowest BCUT2D eigenvalue weighted by molar-refractivity contribution is 0.294. The minimum Gasteiger partial charge on any atom is -0.425 e. The molecule has 0 spiro atoms. The van der Waals surface area contributed by atoms with E-state index in [2.05, 4.69) is 15.2 Å². The van der Waals surface area contributed by atoms with Gasteiger partial charge in [-0.05, 0) is 37.3 Å². The number of pyridine rings is 1. The van der Waals surface area contributed by atoms with Crippen LogP contribution < -0.4 is 0 Å². The van der Waals surface area contributed by atoms with Crippen LogP contribution in [-0.4, -0.2) is 41.0 Å². The van der Waals surface area contributed by atoms with Crippen molar-refractivity contribution < 1.29 is 12.8 Å². The fourth-order valence-corrected chi connectivity index (χ4v) is 5.86. The lowest BCUT2D eigenvalue weighted by atomic mass is 9.81. The predicted octanol–water partition coefficient (Wildman–Crippen LogP) is 1.82. The number of sulfonamides is 1. The van der Waals surface area contributed by atoms with E-state index in [1.807, 2.05) is 0 Å². The van der Waals surface area contributed by atoms with Crippen molar-refractivity contribution in [1.29, 1.82) is 0 Å². The molecule has 128 valence electrons. The molecule has 2 atom stereocenters. The summed E-state index contributed by atoms with van der Waals surface area (Å²) < 4.78 is 33.4. The Balaban J connectivity index is 1.72. The molecule has 0 N–H and O–H groups in total. The Labute approximate surface area is 141 Å². The minimum atomic E-state index is -3.57. The van der Waals surface area contributed by atoms with Crippen LogP contribution in [-0.2, 0) is 15.4 Å². The number of hydrogen-bond acceptors (Lipinski definition) is 6. The molecule has 2 aromatic rings. The Morgan fingerprint density at radius 1 is 1.33 bits per heavy atom. The van der Waals surface area contributed by atoms with Crippen LogP contribution in [0.5, 0.6) is 0 Å². The van der Waals surface area contributed by atoms with Crippen LogP contribution in [0.4, 0.5) is 0 Å². The van der Waals surface area contributed by atoms with Crippen LogP contribution in [0.15, 0.2) is 27.8 Å². The summed E-state index contributed by atoms with van der Waals surface area (Å²) >= 11 is 0. The van der Waals surface area contributed by atoms with Crippen molar-refractivity contribution in [2.24, 2.45) is 5.92 Å². The van der Waals surface area contributed by atoms with E-state index < -0.39 is 10.0 Å². The first-order valence-corrected chi connectivity index (χ1v) is 9.59. The molecule has 2 aliphatic rings. The third kappa shape index (κ3) is 2.20. The fraction of sp³-hybridized carbons (Fsp3) is 0.562. The standard InChI is InChI=1S/C16H20N4O3S/c1-11-5-7-17-8-14(11)24(21,22)20-9-13-4-3-6-16(13,10-20)15-19-18-12(2)23-15/h5,7-8,13H,3-4,6,9-10H2,1-2H3/t13-,16-/m0/s1. The van der Waals surface area contributed by atoms with Gasteiger partial charge in [-0.15, -0.1) is 10.2 Å². The maximum atomic E-state index is 13.1. The molecule has 0 radical (unpaired) electrons. The van der Waals surface area contributed by atoms with Gasteiger partial charge in [0.25, 0.3) is 0 Å². The van der Waals surface area contributed by atoms with Gasteiger partial charge in [0.1, 0.15) is 4.90 Å². The smallest absolute Gasteiger partial charge is 0.244 e. The second-order valence-electron chi connectivity index (χ2n) is 6.81. The van der Waals surface area contributed by atoms with Crippen LogP contribution in [0.1, 0.15) is 36.6 Å². The molecule has 1 aliphatic carbocycles. The molecule has 8 heteroatoms. The first-order chi connectivity index (χ1) is 11.4. The van der Waals surface area contributed by atoms with Crippen molar-refractivity contribution >= 4 is 10.0 Å². The summed E-state index contributed by atoms with van der Waals surface area (Å²) in [6.45, 7) is 4.45. The van der Waals surface area contributed by atoms with Crippen LogP contribution in [0.2, 0.25) is 0 Å². The molecule has 1 saturated carbocycles. The van der Waals surface area contributed by atoms with Crippen LogP contribution in [0.25, 0.3) is 0 Å². The average Bonchev–Trinajstić information content (AvgIpc) is 3.20. The number of fused-ring (bicyclic) bond motifs is 1. The maximum Gasteiger partial charge on any atom is 0.244 e. The fourth-order valence-electron chi connectivity index (χ4n) is 4.13. The zero-order valence-corrected chi connectivity index (χ0v) is 14.6. The van der Waals surface area contributed by atoms with E-state index in [9.17, 15) is 8.42 Å². The highest BCUT2D eigenvalue weighted by Crippen LogP contribution is 2.51. The first kappa shape index (κ1) is 15.7. The highest BCUT2D eigenvalue weighted by atomic mass is 32.2. The highest BCUT2D eigenvalue weighted by molar-refractivity contribution is 7.89. The van der Waals surface area contributed by atoms with Gasteiger partial charge in [0.2, 0.25) is 21.8 Å². The molecular weight excluding hydrogens is 328 g/mol. The summed E-state index contributed by atoms with van der Waals surface area (Å²) in [5.74, 6) is 1.33.